The molecule has 162 valence electrons. The highest BCUT2D eigenvalue weighted by atomic mass is 35.5. The number of likely N-dealkylation sites (N-methyl/N-ethyl adjacent to an activating group) is 1. The molecule has 0 aliphatic rings. The maximum atomic E-state index is 12.7. The van der Waals surface area contributed by atoms with Crippen molar-refractivity contribution in [3.8, 4) is 0 Å². The number of amides is 3. The Hall–Kier alpha value is -3.16. The number of hydrogen-bond acceptors (Lipinski definition) is 4. The molecule has 0 fully saturated rings. The summed E-state index contributed by atoms with van der Waals surface area (Å²) < 4.78 is 1.96. The molecule has 3 rings (SSSR count). The largest absolute Gasteiger partial charge is 0.394 e. The van der Waals surface area contributed by atoms with Gasteiger partial charge in [-0.05, 0) is 36.8 Å². The molecule has 0 saturated carbocycles. The Labute approximate surface area is 186 Å². The molecule has 0 radical (unpaired) electrons. The number of urea groups is 1. The van der Waals surface area contributed by atoms with E-state index in [9.17, 15) is 14.7 Å². The minimum absolute atomic E-state index is 0.248. The second-order valence-corrected chi connectivity index (χ2v) is 7.55. The van der Waals surface area contributed by atoms with Gasteiger partial charge in [0.1, 0.15) is 0 Å². The molecule has 7 nitrogen and oxygen atoms in total. The Morgan fingerprint density at radius 3 is 2.52 bits per heavy atom. The summed E-state index contributed by atoms with van der Waals surface area (Å²) in [7, 11) is 0. The summed E-state index contributed by atoms with van der Waals surface area (Å²) in [5.74, 6) is -0.524. The van der Waals surface area contributed by atoms with Crippen LogP contribution >= 0.6 is 11.6 Å². The number of benzene rings is 2. The van der Waals surface area contributed by atoms with Gasteiger partial charge >= 0.3 is 6.03 Å². The van der Waals surface area contributed by atoms with Gasteiger partial charge in [-0.25, -0.2) is 9.78 Å². The predicted octanol–water partition coefficient (Wildman–Crippen LogP) is 3.36. The normalized spacial score (nSPS) is 11.7. The number of carbonyl (C=O) groups is 2. The van der Waals surface area contributed by atoms with Gasteiger partial charge in [0.25, 0.3) is 5.91 Å². The standard InChI is InChI=1S/C23H25ClN4O3/c1-2-28(23(31)26-22(30)18-8-10-19(24)11-9-18)21(15-29)12-20-14-27(16-25-20)13-17-6-4-3-5-7-17/h3-11,14,16,21,29H,2,12-13,15H2,1H3,(H,26,30,31)/t21-/m0/s1. The lowest BCUT2D eigenvalue weighted by molar-refractivity contribution is 0.0929. The van der Waals surface area contributed by atoms with Gasteiger partial charge in [-0.3, -0.25) is 10.1 Å². The minimum atomic E-state index is -0.565. The Balaban J connectivity index is 1.63. The number of aliphatic hydroxyl groups is 1. The van der Waals surface area contributed by atoms with E-state index in [0.717, 1.165) is 11.3 Å². The molecule has 31 heavy (non-hydrogen) atoms. The highest BCUT2D eigenvalue weighted by molar-refractivity contribution is 6.30. The Kier molecular flexibility index (Phi) is 7.81. The lowest BCUT2D eigenvalue weighted by Crippen LogP contribution is -2.50. The van der Waals surface area contributed by atoms with Gasteiger partial charge in [0.2, 0.25) is 0 Å². The van der Waals surface area contributed by atoms with Crippen molar-refractivity contribution in [3.05, 3.63) is 89.0 Å². The minimum Gasteiger partial charge on any atom is -0.394 e. The molecule has 0 bridgehead atoms. The smallest absolute Gasteiger partial charge is 0.324 e. The lowest BCUT2D eigenvalue weighted by atomic mass is 10.1. The van der Waals surface area contributed by atoms with Crippen molar-refractivity contribution in [1.82, 2.24) is 19.8 Å². The van der Waals surface area contributed by atoms with E-state index < -0.39 is 18.0 Å². The third kappa shape index (κ3) is 6.16. The Morgan fingerprint density at radius 1 is 1.16 bits per heavy atom. The van der Waals surface area contributed by atoms with Crippen LogP contribution in [0.1, 0.15) is 28.5 Å². The summed E-state index contributed by atoms with van der Waals surface area (Å²) in [6, 6.07) is 15.2. The van der Waals surface area contributed by atoms with Crippen LogP contribution in [0.4, 0.5) is 4.79 Å². The number of imide groups is 1. The average molecular weight is 441 g/mol. The summed E-state index contributed by atoms with van der Waals surface area (Å²) in [5, 5.41) is 12.8. The highest BCUT2D eigenvalue weighted by Crippen LogP contribution is 2.12. The van der Waals surface area contributed by atoms with Crippen LogP contribution in [-0.2, 0) is 13.0 Å². The fraction of sp³-hybridized carbons (Fsp3) is 0.261. The molecule has 0 aliphatic carbocycles. The third-order valence-electron chi connectivity index (χ3n) is 4.92. The summed E-state index contributed by atoms with van der Waals surface area (Å²) >= 11 is 5.84. The van der Waals surface area contributed by atoms with E-state index in [2.05, 4.69) is 10.3 Å². The van der Waals surface area contributed by atoms with Crippen LogP contribution in [0.5, 0.6) is 0 Å². The van der Waals surface area contributed by atoms with Gasteiger partial charge in [-0.2, -0.15) is 0 Å². The van der Waals surface area contributed by atoms with E-state index in [-0.39, 0.29) is 6.61 Å². The highest BCUT2D eigenvalue weighted by Gasteiger charge is 2.24. The number of imidazole rings is 1. The topological polar surface area (TPSA) is 87.5 Å². The fourth-order valence-corrected chi connectivity index (χ4v) is 3.44. The van der Waals surface area contributed by atoms with Crippen LogP contribution in [0.15, 0.2) is 67.1 Å². The molecular weight excluding hydrogens is 416 g/mol. The second-order valence-electron chi connectivity index (χ2n) is 7.12. The van der Waals surface area contributed by atoms with E-state index in [1.807, 2.05) is 41.1 Å². The number of halogens is 1. The van der Waals surface area contributed by atoms with Gasteiger partial charge in [-0.1, -0.05) is 41.9 Å². The van der Waals surface area contributed by atoms with Crippen LogP contribution in [0.2, 0.25) is 5.02 Å². The van der Waals surface area contributed by atoms with Gasteiger partial charge < -0.3 is 14.6 Å². The van der Waals surface area contributed by atoms with Crippen LogP contribution in [0, 0.1) is 0 Å². The van der Waals surface area contributed by atoms with Crippen molar-refractivity contribution in [2.45, 2.75) is 25.9 Å². The number of nitrogens with one attached hydrogen (secondary N) is 1. The lowest BCUT2D eigenvalue weighted by Gasteiger charge is -2.29. The van der Waals surface area contributed by atoms with Crippen molar-refractivity contribution >= 4 is 23.5 Å². The molecule has 1 heterocycles. The summed E-state index contributed by atoms with van der Waals surface area (Å²) in [5.41, 5.74) is 2.24. The Morgan fingerprint density at radius 2 is 1.87 bits per heavy atom. The molecule has 3 amide bonds. The first-order valence-electron chi connectivity index (χ1n) is 10.0. The molecule has 1 aromatic heterocycles. The zero-order valence-corrected chi connectivity index (χ0v) is 18.0. The summed E-state index contributed by atoms with van der Waals surface area (Å²) in [6.07, 6.45) is 4.01. The van der Waals surface area contributed by atoms with Crippen molar-refractivity contribution in [2.75, 3.05) is 13.2 Å². The van der Waals surface area contributed by atoms with Crippen molar-refractivity contribution in [3.63, 3.8) is 0 Å². The molecule has 0 saturated heterocycles. The molecule has 3 aromatic rings. The molecular formula is C23H25ClN4O3. The fourth-order valence-electron chi connectivity index (χ4n) is 3.32. The maximum Gasteiger partial charge on any atom is 0.324 e. The van der Waals surface area contributed by atoms with Crippen LogP contribution in [-0.4, -0.2) is 50.7 Å². The van der Waals surface area contributed by atoms with Gasteiger partial charge in [-0.15, -0.1) is 0 Å². The third-order valence-corrected chi connectivity index (χ3v) is 5.17. The van der Waals surface area contributed by atoms with Crippen LogP contribution < -0.4 is 5.32 Å². The quantitative estimate of drug-likeness (QED) is 0.562. The molecule has 0 unspecified atom stereocenters. The SMILES string of the molecule is CCN(C(=O)NC(=O)c1ccc(Cl)cc1)[C@H](CO)Cc1cn(Cc2ccccc2)cn1. The van der Waals surface area contributed by atoms with Crippen molar-refractivity contribution in [2.24, 2.45) is 0 Å². The monoisotopic (exact) mass is 440 g/mol. The Bertz CT molecular complexity index is 1010. The van der Waals surface area contributed by atoms with E-state index in [1.54, 1.807) is 37.5 Å². The maximum absolute atomic E-state index is 12.7. The first-order valence-corrected chi connectivity index (χ1v) is 10.4. The molecule has 2 N–H and O–H groups in total. The van der Waals surface area contributed by atoms with Crippen LogP contribution in [0.3, 0.4) is 0 Å². The van der Waals surface area contributed by atoms with Crippen LogP contribution in [0.25, 0.3) is 0 Å². The number of aliphatic hydroxyl groups excluding tert-OH is 1. The zero-order chi connectivity index (χ0) is 22.2. The first-order chi connectivity index (χ1) is 15.0. The van der Waals surface area contributed by atoms with Gasteiger partial charge in [0.15, 0.2) is 0 Å². The molecule has 2 aromatic carbocycles. The van der Waals surface area contributed by atoms with Gasteiger partial charge in [0.05, 0.1) is 24.7 Å². The summed E-state index contributed by atoms with van der Waals surface area (Å²) in [6.45, 7) is 2.56. The average Bonchev–Trinajstić information content (AvgIpc) is 3.21. The number of aromatic nitrogens is 2. The molecule has 0 aliphatic heterocycles. The van der Waals surface area contributed by atoms with E-state index >= 15 is 0 Å². The van der Waals surface area contributed by atoms with E-state index in [4.69, 9.17) is 11.6 Å². The molecule has 1 atom stereocenters. The zero-order valence-electron chi connectivity index (χ0n) is 17.2. The van der Waals surface area contributed by atoms with Crippen molar-refractivity contribution < 1.29 is 14.7 Å². The molecule has 0 spiro atoms. The predicted molar refractivity (Wildman–Crippen MR) is 119 cm³/mol. The first kappa shape index (κ1) is 22.5. The number of hydrogen-bond donors (Lipinski definition) is 2. The summed E-state index contributed by atoms with van der Waals surface area (Å²) in [4.78, 5) is 30.9. The number of carbonyl (C=O) groups excluding carboxylic acids is 2. The van der Waals surface area contributed by atoms with Crippen molar-refractivity contribution in [1.29, 1.82) is 0 Å². The number of nitrogens with zero attached hydrogens (tertiary/aromatic N) is 3. The second kappa shape index (κ2) is 10.7. The number of rotatable bonds is 8. The van der Waals surface area contributed by atoms with E-state index in [1.165, 1.54) is 4.90 Å². The molecule has 8 heteroatoms. The van der Waals surface area contributed by atoms with E-state index in [0.29, 0.717) is 30.1 Å². The van der Waals surface area contributed by atoms with Gasteiger partial charge in [0, 0.05) is 36.3 Å².